The van der Waals surface area contributed by atoms with Gasteiger partial charge < -0.3 is 4.74 Å². The second-order valence-electron chi connectivity index (χ2n) is 6.53. The first kappa shape index (κ1) is 17.0. The molecule has 1 heterocycles. The largest absolute Gasteiger partial charge is 0.381 e. The van der Waals surface area contributed by atoms with Crippen LogP contribution in [0.4, 0.5) is 0 Å². The summed E-state index contributed by atoms with van der Waals surface area (Å²) in [4.78, 5) is 0. The molecule has 1 nitrogen and oxygen atoms in total. The van der Waals surface area contributed by atoms with E-state index in [9.17, 15) is 0 Å². The zero-order valence-corrected chi connectivity index (χ0v) is 13.5. The predicted octanol–water partition coefficient (Wildman–Crippen LogP) is 5.97. The molecule has 1 fully saturated rings. The molecule has 0 saturated carbocycles. The molecule has 0 radical (unpaired) electrons. The third-order valence-electron chi connectivity index (χ3n) is 4.62. The van der Waals surface area contributed by atoms with E-state index in [1.165, 1.54) is 77.0 Å². The van der Waals surface area contributed by atoms with Gasteiger partial charge in [-0.15, -0.1) is 0 Å². The van der Waals surface area contributed by atoms with Crippen LogP contribution in [0.15, 0.2) is 0 Å². The van der Waals surface area contributed by atoms with Crippen LogP contribution in [0.3, 0.4) is 0 Å². The molecule has 1 unspecified atom stereocenters. The highest BCUT2D eigenvalue weighted by Gasteiger charge is 2.20. The lowest BCUT2D eigenvalue weighted by molar-refractivity contribution is 0.177. The summed E-state index contributed by atoms with van der Waals surface area (Å²) in [7, 11) is 0. The van der Waals surface area contributed by atoms with Gasteiger partial charge in [-0.25, -0.2) is 0 Å². The summed E-state index contributed by atoms with van der Waals surface area (Å²) >= 11 is 0. The molecule has 0 aliphatic carbocycles. The van der Waals surface area contributed by atoms with Crippen molar-refractivity contribution >= 4 is 0 Å². The second-order valence-corrected chi connectivity index (χ2v) is 6.53. The van der Waals surface area contributed by atoms with Gasteiger partial charge in [-0.2, -0.15) is 0 Å². The summed E-state index contributed by atoms with van der Waals surface area (Å²) in [5, 5.41) is 0. The third-order valence-corrected chi connectivity index (χ3v) is 4.62. The topological polar surface area (TPSA) is 9.23 Å². The Morgan fingerprint density at radius 3 is 2.00 bits per heavy atom. The first-order valence-corrected chi connectivity index (χ1v) is 8.94. The van der Waals surface area contributed by atoms with Gasteiger partial charge in [-0.05, 0) is 24.7 Å². The minimum atomic E-state index is 0.877. The molecule has 1 rings (SSSR count). The summed E-state index contributed by atoms with van der Waals surface area (Å²) in [6, 6.07) is 0. The molecule has 0 N–H and O–H groups in total. The van der Waals surface area contributed by atoms with Gasteiger partial charge in [-0.3, -0.25) is 0 Å². The maximum atomic E-state index is 5.54. The average molecular weight is 268 g/mol. The number of rotatable bonds is 12. The molecular formula is C18H36O. The van der Waals surface area contributed by atoms with E-state index >= 15 is 0 Å². The van der Waals surface area contributed by atoms with E-state index in [4.69, 9.17) is 4.74 Å². The Kier molecular flexibility index (Phi) is 10.5. The van der Waals surface area contributed by atoms with Gasteiger partial charge in [0.2, 0.25) is 0 Å². The molecule has 1 heteroatoms. The number of ether oxygens (including phenoxy) is 1. The van der Waals surface area contributed by atoms with Crippen LogP contribution < -0.4 is 0 Å². The lowest BCUT2D eigenvalue weighted by Crippen LogP contribution is -2.09. The molecule has 0 bridgehead atoms. The number of hydrogen-bond acceptors (Lipinski definition) is 1. The molecule has 1 aliphatic heterocycles. The van der Waals surface area contributed by atoms with Gasteiger partial charge in [0.05, 0.1) is 0 Å². The van der Waals surface area contributed by atoms with E-state index in [1.807, 2.05) is 0 Å². The highest BCUT2D eigenvalue weighted by molar-refractivity contribution is 4.70. The van der Waals surface area contributed by atoms with E-state index < -0.39 is 0 Å². The third kappa shape index (κ3) is 8.68. The van der Waals surface area contributed by atoms with E-state index in [-0.39, 0.29) is 0 Å². The van der Waals surface area contributed by atoms with Gasteiger partial charge in [0.15, 0.2) is 0 Å². The molecule has 19 heavy (non-hydrogen) atoms. The van der Waals surface area contributed by atoms with Crippen molar-refractivity contribution in [1.82, 2.24) is 0 Å². The lowest BCUT2D eigenvalue weighted by atomic mass is 9.86. The Balaban J connectivity index is 2.16. The summed E-state index contributed by atoms with van der Waals surface area (Å²) in [5.74, 6) is 1.86. The van der Waals surface area contributed by atoms with Crippen LogP contribution in [0, 0.1) is 11.8 Å². The molecule has 1 atom stereocenters. The summed E-state index contributed by atoms with van der Waals surface area (Å²) < 4.78 is 5.54. The van der Waals surface area contributed by atoms with Crippen molar-refractivity contribution in [3.05, 3.63) is 0 Å². The maximum absolute atomic E-state index is 5.54. The van der Waals surface area contributed by atoms with Gasteiger partial charge in [0.25, 0.3) is 0 Å². The number of unbranched alkanes of at least 4 members (excludes halogenated alkanes) is 6. The Labute approximate surface area is 121 Å². The van der Waals surface area contributed by atoms with Crippen LogP contribution in [0.5, 0.6) is 0 Å². The highest BCUT2D eigenvalue weighted by atomic mass is 16.5. The van der Waals surface area contributed by atoms with Crippen molar-refractivity contribution in [2.45, 2.75) is 90.9 Å². The first-order valence-electron chi connectivity index (χ1n) is 8.94. The second kappa shape index (κ2) is 11.8. The van der Waals surface area contributed by atoms with Crippen LogP contribution in [0.2, 0.25) is 0 Å². The Morgan fingerprint density at radius 2 is 1.53 bits per heavy atom. The monoisotopic (exact) mass is 268 g/mol. The maximum Gasteiger partial charge on any atom is 0.0495 e. The summed E-state index contributed by atoms with van der Waals surface area (Å²) in [5.41, 5.74) is 0. The fourth-order valence-electron chi connectivity index (χ4n) is 3.34. The molecule has 0 aromatic carbocycles. The Hall–Kier alpha value is -0.0400. The fraction of sp³-hybridized carbons (Fsp3) is 1.00. The lowest BCUT2D eigenvalue weighted by Gasteiger charge is -2.20. The Bertz CT molecular complexity index is 172. The SMILES string of the molecule is CCCCCCC(CCCCCC)CC1CCOC1. The van der Waals surface area contributed by atoms with E-state index in [0.29, 0.717) is 0 Å². The molecular weight excluding hydrogens is 232 g/mol. The number of hydrogen-bond donors (Lipinski definition) is 0. The highest BCUT2D eigenvalue weighted by Crippen LogP contribution is 2.28. The normalized spacial score (nSPS) is 19.4. The van der Waals surface area contributed by atoms with Crippen LogP contribution in [0.1, 0.15) is 90.9 Å². The van der Waals surface area contributed by atoms with Crippen molar-refractivity contribution in [2.24, 2.45) is 11.8 Å². The molecule has 0 spiro atoms. The Morgan fingerprint density at radius 1 is 0.895 bits per heavy atom. The minimum Gasteiger partial charge on any atom is -0.381 e. The van der Waals surface area contributed by atoms with Crippen molar-refractivity contribution in [3.63, 3.8) is 0 Å². The molecule has 0 aromatic rings. The quantitative estimate of drug-likeness (QED) is 0.396. The smallest absolute Gasteiger partial charge is 0.0495 e. The summed E-state index contributed by atoms with van der Waals surface area (Å²) in [6.45, 7) is 6.67. The van der Waals surface area contributed by atoms with Crippen molar-refractivity contribution in [2.75, 3.05) is 13.2 Å². The van der Waals surface area contributed by atoms with Gasteiger partial charge in [0, 0.05) is 13.2 Å². The van der Waals surface area contributed by atoms with Gasteiger partial charge >= 0.3 is 0 Å². The molecule has 1 aliphatic rings. The predicted molar refractivity (Wildman–Crippen MR) is 84.6 cm³/mol. The van der Waals surface area contributed by atoms with Crippen LogP contribution in [-0.4, -0.2) is 13.2 Å². The van der Waals surface area contributed by atoms with Crippen LogP contribution in [-0.2, 0) is 4.74 Å². The molecule has 1 saturated heterocycles. The van der Waals surface area contributed by atoms with Crippen molar-refractivity contribution < 1.29 is 4.74 Å². The minimum absolute atomic E-state index is 0.877. The molecule has 0 amide bonds. The van der Waals surface area contributed by atoms with Crippen molar-refractivity contribution in [1.29, 1.82) is 0 Å². The average Bonchev–Trinajstić information content (AvgIpc) is 2.92. The van der Waals surface area contributed by atoms with Crippen molar-refractivity contribution in [3.8, 4) is 0 Å². The summed E-state index contributed by atoms with van der Waals surface area (Å²) in [6.07, 6.45) is 17.1. The molecule has 114 valence electrons. The standard InChI is InChI=1S/C18H36O/c1-3-5-7-9-11-17(12-10-8-6-4-2)15-18-13-14-19-16-18/h17-18H,3-16H2,1-2H3. The van der Waals surface area contributed by atoms with E-state index in [1.54, 1.807) is 0 Å². The first-order chi connectivity index (χ1) is 9.36. The molecule has 0 aromatic heterocycles. The van der Waals surface area contributed by atoms with Crippen LogP contribution in [0.25, 0.3) is 0 Å². The van der Waals surface area contributed by atoms with E-state index in [2.05, 4.69) is 13.8 Å². The van der Waals surface area contributed by atoms with Gasteiger partial charge in [0.1, 0.15) is 0 Å². The van der Waals surface area contributed by atoms with Crippen LogP contribution >= 0.6 is 0 Å². The van der Waals surface area contributed by atoms with E-state index in [0.717, 1.165) is 25.0 Å². The zero-order valence-electron chi connectivity index (χ0n) is 13.5. The zero-order chi connectivity index (χ0) is 13.8. The fourth-order valence-corrected chi connectivity index (χ4v) is 3.34. The van der Waals surface area contributed by atoms with Gasteiger partial charge in [-0.1, -0.05) is 78.1 Å².